The minimum absolute atomic E-state index is 0.0742. The second-order valence-electron chi connectivity index (χ2n) is 16.1. The fraction of sp³-hybridized carbons (Fsp3) is 0.929. The average Bonchev–Trinajstić information content (AvgIpc) is 3.07. The molecule has 51 heavy (non-hydrogen) atoms. The molecule has 304 valence electrons. The molecule has 0 aliphatic rings. The number of hydrogen-bond acceptors (Lipinski definition) is 5. The van der Waals surface area contributed by atoms with Crippen LogP contribution in [0.4, 0.5) is 0 Å². The lowest BCUT2D eigenvalue weighted by molar-refractivity contribution is -0.870. The van der Waals surface area contributed by atoms with Crippen LogP contribution in [0.15, 0.2) is 12.2 Å². The van der Waals surface area contributed by atoms with E-state index in [1.807, 2.05) is 21.1 Å². The molecule has 0 fully saturated rings. The number of aliphatic hydroxyl groups excluding tert-OH is 1. The van der Waals surface area contributed by atoms with Crippen molar-refractivity contribution >= 4 is 13.7 Å². The van der Waals surface area contributed by atoms with Gasteiger partial charge in [0.1, 0.15) is 13.2 Å². The van der Waals surface area contributed by atoms with Crippen LogP contribution >= 0.6 is 7.82 Å². The fourth-order valence-electron chi connectivity index (χ4n) is 6.26. The second kappa shape index (κ2) is 35.0. The summed E-state index contributed by atoms with van der Waals surface area (Å²) in [6, 6.07) is -0.760. The Morgan fingerprint density at radius 3 is 1.57 bits per heavy atom. The lowest BCUT2D eigenvalue weighted by Gasteiger charge is -2.26. The number of quaternary nitrogens is 1. The number of allylic oxidation sites excluding steroid dienone is 2. The fourth-order valence-corrected chi connectivity index (χ4v) is 7.00. The Bertz CT molecular complexity index is 850. The Morgan fingerprint density at radius 1 is 0.647 bits per heavy atom. The first kappa shape index (κ1) is 50.2. The van der Waals surface area contributed by atoms with Gasteiger partial charge in [-0.15, -0.1) is 0 Å². The van der Waals surface area contributed by atoms with Crippen molar-refractivity contribution in [2.75, 3.05) is 40.9 Å². The zero-order valence-corrected chi connectivity index (χ0v) is 35.3. The number of phosphoric ester groups is 1. The summed E-state index contributed by atoms with van der Waals surface area (Å²) in [5.74, 6) is -0.158. The summed E-state index contributed by atoms with van der Waals surface area (Å²) in [7, 11) is 1.61. The summed E-state index contributed by atoms with van der Waals surface area (Å²) in [5.41, 5.74) is 0. The molecule has 0 rings (SSSR count). The van der Waals surface area contributed by atoms with Crippen LogP contribution in [-0.4, -0.2) is 73.4 Å². The number of carbonyl (C=O) groups excluding carboxylic acids is 1. The Kier molecular flexibility index (Phi) is 34.5. The maximum absolute atomic E-state index is 12.8. The largest absolute Gasteiger partial charge is 0.472 e. The predicted octanol–water partition coefficient (Wildman–Crippen LogP) is 11.6. The molecular formula is C42H86N2O6P+. The molecular weight excluding hydrogens is 659 g/mol. The van der Waals surface area contributed by atoms with Gasteiger partial charge in [-0.2, -0.15) is 0 Å². The van der Waals surface area contributed by atoms with E-state index >= 15 is 0 Å². The summed E-state index contributed by atoms with van der Waals surface area (Å²) < 4.78 is 23.6. The number of nitrogens with zero attached hydrogens (tertiary/aromatic N) is 1. The second-order valence-corrected chi connectivity index (χ2v) is 17.5. The molecule has 3 N–H and O–H groups in total. The molecule has 0 aromatic carbocycles. The molecule has 1 amide bonds. The van der Waals surface area contributed by atoms with E-state index in [-0.39, 0.29) is 19.1 Å². The lowest BCUT2D eigenvalue weighted by Crippen LogP contribution is -2.46. The molecule has 0 aliphatic heterocycles. The zero-order chi connectivity index (χ0) is 37.9. The van der Waals surface area contributed by atoms with Crippen molar-refractivity contribution in [1.82, 2.24) is 5.32 Å². The highest BCUT2D eigenvalue weighted by Gasteiger charge is 2.28. The molecule has 0 aromatic heterocycles. The van der Waals surface area contributed by atoms with Crippen LogP contribution in [0.5, 0.6) is 0 Å². The number of aliphatic hydroxyl groups is 1. The highest BCUT2D eigenvalue weighted by Crippen LogP contribution is 2.43. The van der Waals surface area contributed by atoms with Crippen molar-refractivity contribution in [3.8, 4) is 0 Å². The van der Waals surface area contributed by atoms with Gasteiger partial charge in [0.2, 0.25) is 5.91 Å². The van der Waals surface area contributed by atoms with E-state index in [0.29, 0.717) is 23.9 Å². The van der Waals surface area contributed by atoms with Crippen LogP contribution in [-0.2, 0) is 18.4 Å². The van der Waals surface area contributed by atoms with Crippen LogP contribution in [0.2, 0.25) is 0 Å². The molecule has 0 spiro atoms. The van der Waals surface area contributed by atoms with Gasteiger partial charge in [0.05, 0.1) is 39.9 Å². The minimum Gasteiger partial charge on any atom is -0.391 e. The first-order valence-electron chi connectivity index (χ1n) is 21.6. The molecule has 0 bridgehead atoms. The average molecular weight is 746 g/mol. The summed E-state index contributed by atoms with van der Waals surface area (Å²) in [6.07, 6.45) is 38.1. The molecule has 0 saturated heterocycles. The van der Waals surface area contributed by atoms with Crippen molar-refractivity contribution in [3.05, 3.63) is 12.2 Å². The third-order valence-corrected chi connectivity index (χ3v) is 10.7. The van der Waals surface area contributed by atoms with Gasteiger partial charge < -0.3 is 19.8 Å². The molecule has 3 unspecified atom stereocenters. The molecule has 0 aromatic rings. The van der Waals surface area contributed by atoms with Gasteiger partial charge in [-0.25, -0.2) is 4.57 Å². The Morgan fingerprint density at radius 2 is 1.08 bits per heavy atom. The van der Waals surface area contributed by atoms with E-state index < -0.39 is 20.0 Å². The van der Waals surface area contributed by atoms with Gasteiger partial charge in [-0.05, 0) is 32.1 Å². The predicted molar refractivity (Wildman–Crippen MR) is 217 cm³/mol. The number of unbranched alkanes of at least 4 members (excludes halogenated alkanes) is 24. The molecule has 3 atom stereocenters. The Hall–Kier alpha value is -0.760. The topological polar surface area (TPSA) is 105 Å². The number of likely N-dealkylation sites (N-methyl/N-ethyl adjacent to an activating group) is 1. The van der Waals surface area contributed by atoms with Crippen molar-refractivity contribution in [2.45, 2.75) is 212 Å². The van der Waals surface area contributed by atoms with Gasteiger partial charge in [-0.1, -0.05) is 174 Å². The molecule has 0 saturated carbocycles. The van der Waals surface area contributed by atoms with Crippen molar-refractivity contribution in [3.63, 3.8) is 0 Å². The number of phosphoric acid groups is 1. The van der Waals surface area contributed by atoms with E-state index in [4.69, 9.17) is 9.05 Å². The van der Waals surface area contributed by atoms with Crippen molar-refractivity contribution < 1.29 is 32.9 Å². The first-order chi connectivity index (χ1) is 24.5. The van der Waals surface area contributed by atoms with Crippen molar-refractivity contribution in [1.29, 1.82) is 0 Å². The van der Waals surface area contributed by atoms with Crippen LogP contribution in [0.3, 0.4) is 0 Å². The van der Waals surface area contributed by atoms with E-state index in [9.17, 15) is 19.4 Å². The highest BCUT2D eigenvalue weighted by atomic mass is 31.2. The van der Waals surface area contributed by atoms with Gasteiger partial charge in [0.25, 0.3) is 0 Å². The quantitative estimate of drug-likeness (QED) is 0.0250. The molecule has 0 aliphatic carbocycles. The van der Waals surface area contributed by atoms with Crippen LogP contribution in [0.25, 0.3) is 0 Å². The first-order valence-corrected chi connectivity index (χ1v) is 23.0. The molecule has 0 radical (unpaired) electrons. The number of rotatable bonds is 39. The van der Waals surface area contributed by atoms with E-state index in [0.717, 1.165) is 57.8 Å². The van der Waals surface area contributed by atoms with Crippen LogP contribution < -0.4 is 5.32 Å². The maximum Gasteiger partial charge on any atom is 0.472 e. The van der Waals surface area contributed by atoms with Crippen LogP contribution in [0, 0.1) is 0 Å². The number of amides is 1. The Balaban J connectivity index is 4.30. The van der Waals surface area contributed by atoms with Gasteiger partial charge in [0.15, 0.2) is 0 Å². The lowest BCUT2D eigenvalue weighted by atomic mass is 10.0. The highest BCUT2D eigenvalue weighted by molar-refractivity contribution is 7.47. The summed E-state index contributed by atoms with van der Waals surface area (Å²) in [6.45, 7) is 4.84. The zero-order valence-electron chi connectivity index (χ0n) is 34.4. The standard InChI is InChI=1S/C42H85N2O6P/c1-6-8-10-12-14-16-18-19-20-21-22-23-24-25-26-27-29-31-33-35-41(45)40(39-50-51(47,48)49-38-37-44(3,4)5)43-42(46)36-34-32-30-28-17-15-13-11-9-7-2/h13,15,40-41,45H,6-12,14,16-39H2,1-5H3,(H-,43,46,47,48)/p+1/b15-13-. The Labute approximate surface area is 316 Å². The van der Waals surface area contributed by atoms with Gasteiger partial charge in [-0.3, -0.25) is 13.8 Å². The van der Waals surface area contributed by atoms with Crippen LogP contribution in [0.1, 0.15) is 200 Å². The molecule has 0 heterocycles. The summed E-state index contributed by atoms with van der Waals surface area (Å²) in [5, 5.41) is 13.9. The molecule has 8 nitrogen and oxygen atoms in total. The minimum atomic E-state index is -4.31. The normalized spacial score (nSPS) is 14.6. The molecule has 9 heteroatoms. The summed E-state index contributed by atoms with van der Waals surface area (Å²) in [4.78, 5) is 23.0. The maximum atomic E-state index is 12.8. The smallest absolute Gasteiger partial charge is 0.391 e. The third kappa shape index (κ3) is 37.4. The van der Waals surface area contributed by atoms with E-state index in [1.165, 1.54) is 116 Å². The van der Waals surface area contributed by atoms with Gasteiger partial charge in [0, 0.05) is 6.42 Å². The third-order valence-electron chi connectivity index (χ3n) is 9.76. The number of carbonyl (C=O) groups is 1. The van der Waals surface area contributed by atoms with Crippen molar-refractivity contribution in [2.24, 2.45) is 0 Å². The number of hydrogen-bond donors (Lipinski definition) is 3. The monoisotopic (exact) mass is 746 g/mol. The number of nitrogens with one attached hydrogen (secondary N) is 1. The van der Waals surface area contributed by atoms with Gasteiger partial charge >= 0.3 is 7.82 Å². The summed E-state index contributed by atoms with van der Waals surface area (Å²) >= 11 is 0. The van der Waals surface area contributed by atoms with E-state index in [1.54, 1.807) is 0 Å². The SMILES string of the molecule is CCCC/C=C\CCCCCCC(=O)NC(COP(=O)(O)OCC[N+](C)(C)C)C(O)CCCCCCCCCCCCCCCCCCCCC. The van der Waals surface area contributed by atoms with E-state index in [2.05, 4.69) is 31.3 Å².